The molecule has 1 unspecified atom stereocenters. The van der Waals surface area contributed by atoms with Gasteiger partial charge in [0.1, 0.15) is 4.90 Å². The molecular weight excluding hydrogens is 545 g/mol. The first-order chi connectivity index (χ1) is 19.4. The molecule has 1 aliphatic heterocycles. The zero-order valence-corrected chi connectivity index (χ0v) is 24.4. The lowest BCUT2D eigenvalue weighted by Crippen LogP contribution is -2.58. The highest BCUT2D eigenvalue weighted by Gasteiger charge is 2.29. The molecule has 3 heterocycles. The molecule has 0 radical (unpaired) electrons. The highest BCUT2D eigenvalue weighted by Crippen LogP contribution is 2.34. The summed E-state index contributed by atoms with van der Waals surface area (Å²) in [5.74, 6) is -0.868. The monoisotopic (exact) mass is 579 g/mol. The third-order valence-electron chi connectivity index (χ3n) is 7.32. The number of fused-ring (bicyclic) bond motifs is 1. The summed E-state index contributed by atoms with van der Waals surface area (Å²) in [6.45, 7) is 9.61. The van der Waals surface area contributed by atoms with Crippen molar-refractivity contribution < 1.29 is 17.6 Å². The summed E-state index contributed by atoms with van der Waals surface area (Å²) in [5.41, 5.74) is 3.54. The topological polar surface area (TPSA) is 132 Å². The fourth-order valence-electron chi connectivity index (χ4n) is 5.33. The maximum Gasteiger partial charge on any atom is 0.241 e. The Morgan fingerprint density at radius 2 is 1.80 bits per heavy atom. The van der Waals surface area contributed by atoms with Gasteiger partial charge in [-0.3, -0.25) is 9.69 Å². The minimum atomic E-state index is -3.75. The van der Waals surface area contributed by atoms with Gasteiger partial charge in [0.25, 0.3) is 0 Å². The van der Waals surface area contributed by atoms with Crippen molar-refractivity contribution in [3.8, 4) is 11.3 Å². The predicted octanol–water partition coefficient (Wildman–Crippen LogP) is 4.23. The number of piperazine rings is 1. The van der Waals surface area contributed by atoms with Crippen LogP contribution in [0.15, 0.2) is 53.7 Å². The van der Waals surface area contributed by atoms with Gasteiger partial charge in [-0.1, -0.05) is 18.2 Å². The van der Waals surface area contributed by atoms with Crippen LogP contribution in [-0.2, 0) is 14.6 Å². The van der Waals surface area contributed by atoms with Gasteiger partial charge in [0, 0.05) is 54.8 Å². The Hall–Kier alpha value is -3.87. The van der Waals surface area contributed by atoms with Crippen LogP contribution in [0.4, 0.5) is 21.7 Å². The number of aromatic amines is 1. The van der Waals surface area contributed by atoms with Gasteiger partial charge in [0.05, 0.1) is 28.6 Å². The van der Waals surface area contributed by atoms with Crippen molar-refractivity contribution in [1.29, 1.82) is 0 Å². The molecule has 0 aliphatic carbocycles. The number of nitrogens with one attached hydrogen (secondary N) is 4. The van der Waals surface area contributed by atoms with Gasteiger partial charge >= 0.3 is 0 Å². The third-order valence-corrected chi connectivity index (χ3v) is 8.44. The molecule has 2 aromatic heterocycles. The lowest BCUT2D eigenvalue weighted by molar-refractivity contribution is -0.121. The quantitative estimate of drug-likeness (QED) is 0.256. The summed E-state index contributed by atoms with van der Waals surface area (Å²) in [4.78, 5) is 27.2. The number of hydrogen-bond donors (Lipinski definition) is 4. The lowest BCUT2D eigenvalue weighted by Gasteiger charge is -2.39. The number of H-pyrrole nitrogens is 1. The zero-order valence-electron chi connectivity index (χ0n) is 23.6. The molecule has 4 N–H and O–H groups in total. The van der Waals surface area contributed by atoms with Gasteiger partial charge in [-0.2, -0.15) is 0 Å². The Morgan fingerprint density at radius 1 is 1.12 bits per heavy atom. The van der Waals surface area contributed by atoms with Gasteiger partial charge in [-0.15, -0.1) is 0 Å². The maximum absolute atomic E-state index is 14.9. The number of sulfone groups is 1. The Balaban J connectivity index is 1.42. The predicted molar refractivity (Wildman–Crippen MR) is 159 cm³/mol. The average Bonchev–Trinajstić information content (AvgIpc) is 3.34. The Kier molecular flexibility index (Phi) is 7.82. The van der Waals surface area contributed by atoms with Gasteiger partial charge in [-0.25, -0.2) is 22.8 Å². The zero-order chi connectivity index (χ0) is 29.5. The number of rotatable bonds is 7. The summed E-state index contributed by atoms with van der Waals surface area (Å²) >= 11 is 0. The SMILES string of the molecule is Cc1cnc(Nc2cccc(S(C)(=O)=O)c2F)nc1-c1c[nH]c2c(NC(=O)C(C)N3C[C@H](C)N[C@@H](C)C3)cccc12. The van der Waals surface area contributed by atoms with Crippen molar-refractivity contribution in [1.82, 2.24) is 25.2 Å². The van der Waals surface area contributed by atoms with Crippen molar-refractivity contribution >= 4 is 44.0 Å². The average molecular weight is 580 g/mol. The fourth-order valence-corrected chi connectivity index (χ4v) is 6.09. The van der Waals surface area contributed by atoms with Crippen molar-refractivity contribution in [2.75, 3.05) is 30.0 Å². The number of carbonyl (C=O) groups is 1. The minimum absolute atomic E-state index is 0.0472. The second-order valence-corrected chi connectivity index (χ2v) is 12.7. The summed E-state index contributed by atoms with van der Waals surface area (Å²) in [5, 5.41) is 10.2. The van der Waals surface area contributed by atoms with E-state index >= 15 is 0 Å². The normalized spacial score (nSPS) is 18.8. The Labute approximate surface area is 238 Å². The number of halogens is 1. The highest BCUT2D eigenvalue weighted by molar-refractivity contribution is 7.90. The van der Waals surface area contributed by atoms with E-state index in [1.807, 2.05) is 38.2 Å². The molecule has 0 bridgehead atoms. The van der Waals surface area contributed by atoms with Crippen LogP contribution in [0.5, 0.6) is 0 Å². The number of hydrogen-bond acceptors (Lipinski definition) is 8. The number of amides is 1. The molecule has 10 nitrogen and oxygen atoms in total. The molecular formula is C29H34FN7O3S. The molecule has 1 fully saturated rings. The number of aryl methyl sites for hydroxylation is 1. The van der Waals surface area contributed by atoms with Crippen LogP contribution < -0.4 is 16.0 Å². The van der Waals surface area contributed by atoms with Gasteiger partial charge in [0.15, 0.2) is 15.7 Å². The van der Waals surface area contributed by atoms with Crippen molar-refractivity contribution in [2.45, 2.75) is 50.7 Å². The number of nitrogens with zero attached hydrogens (tertiary/aromatic N) is 3. The molecule has 5 rings (SSSR count). The van der Waals surface area contributed by atoms with E-state index in [0.29, 0.717) is 23.5 Å². The molecule has 1 aliphatic rings. The van der Waals surface area contributed by atoms with E-state index in [9.17, 15) is 17.6 Å². The Morgan fingerprint density at radius 3 is 2.51 bits per heavy atom. The van der Waals surface area contributed by atoms with E-state index in [0.717, 1.165) is 41.4 Å². The number of para-hydroxylation sites is 1. The van der Waals surface area contributed by atoms with Crippen molar-refractivity contribution in [2.24, 2.45) is 0 Å². The number of carbonyl (C=O) groups excluding carboxylic acids is 1. The number of anilines is 3. The molecule has 41 heavy (non-hydrogen) atoms. The molecule has 0 saturated carbocycles. The molecule has 12 heteroatoms. The molecule has 1 saturated heterocycles. The first-order valence-electron chi connectivity index (χ1n) is 13.4. The van der Waals surface area contributed by atoms with Gasteiger partial charge < -0.3 is 20.9 Å². The third kappa shape index (κ3) is 5.95. The van der Waals surface area contributed by atoms with E-state index < -0.39 is 20.5 Å². The van der Waals surface area contributed by atoms with Crippen LogP contribution in [0.25, 0.3) is 22.2 Å². The first kappa shape index (κ1) is 28.7. The standard InChI is InChI=1S/C29H34FN7O3S/c1-16-12-32-29(35-22-9-7-11-24(25(22)30)41(5,39)40)36-26(16)21-13-31-27-20(21)8-6-10-23(27)34-28(38)19(4)37-14-17(2)33-18(3)15-37/h6-13,17-19,31,33H,14-15H2,1-5H3,(H,34,38)(H,32,35,36)/t17-,18-,19?/m0/s1. The Bertz CT molecular complexity index is 1710. The second-order valence-electron chi connectivity index (χ2n) is 10.8. The molecule has 216 valence electrons. The molecule has 1 amide bonds. The summed E-state index contributed by atoms with van der Waals surface area (Å²) in [7, 11) is -3.75. The van der Waals surface area contributed by atoms with E-state index in [4.69, 9.17) is 0 Å². The number of benzene rings is 2. The molecule has 4 aromatic rings. The van der Waals surface area contributed by atoms with Crippen molar-refractivity contribution in [3.63, 3.8) is 0 Å². The summed E-state index contributed by atoms with van der Waals surface area (Å²) in [6, 6.07) is 10.1. The second kappa shape index (κ2) is 11.2. The van der Waals surface area contributed by atoms with Gasteiger partial charge in [-0.05, 0) is 51.5 Å². The highest BCUT2D eigenvalue weighted by atomic mass is 32.2. The minimum Gasteiger partial charge on any atom is -0.359 e. The first-order valence-corrected chi connectivity index (χ1v) is 15.3. The van der Waals surface area contributed by atoms with Crippen LogP contribution in [0.2, 0.25) is 0 Å². The molecule has 2 aromatic carbocycles. The van der Waals surface area contributed by atoms with Crippen LogP contribution >= 0.6 is 0 Å². The van der Waals surface area contributed by atoms with Crippen LogP contribution in [0.3, 0.4) is 0 Å². The van der Waals surface area contributed by atoms with E-state index in [2.05, 4.69) is 49.6 Å². The molecule has 3 atom stereocenters. The maximum atomic E-state index is 14.9. The smallest absolute Gasteiger partial charge is 0.241 e. The summed E-state index contributed by atoms with van der Waals surface area (Å²) in [6.07, 6.45) is 4.38. The van der Waals surface area contributed by atoms with Crippen LogP contribution in [0, 0.1) is 12.7 Å². The van der Waals surface area contributed by atoms with Crippen LogP contribution in [-0.4, -0.2) is 71.6 Å². The van der Waals surface area contributed by atoms with Crippen LogP contribution in [0.1, 0.15) is 26.3 Å². The largest absolute Gasteiger partial charge is 0.359 e. The van der Waals surface area contributed by atoms with E-state index in [-0.39, 0.29) is 23.6 Å². The van der Waals surface area contributed by atoms with Gasteiger partial charge in [0.2, 0.25) is 11.9 Å². The molecule has 0 spiro atoms. The summed E-state index contributed by atoms with van der Waals surface area (Å²) < 4.78 is 38.8. The van der Waals surface area contributed by atoms with E-state index in [1.165, 1.54) is 18.2 Å². The van der Waals surface area contributed by atoms with E-state index in [1.54, 1.807) is 6.20 Å². The van der Waals surface area contributed by atoms with Crippen molar-refractivity contribution in [3.05, 3.63) is 60.2 Å². The number of aromatic nitrogens is 3. The lowest BCUT2D eigenvalue weighted by atomic mass is 10.1. The fraction of sp³-hybridized carbons (Fsp3) is 0.345.